The number of fused-ring (bicyclic) bond motifs is 1. The van der Waals surface area contributed by atoms with E-state index in [1.165, 1.54) is 0 Å². The third kappa shape index (κ3) is 4.40. The molecule has 0 bridgehead atoms. The van der Waals surface area contributed by atoms with Gasteiger partial charge in [-0.1, -0.05) is 15.9 Å². The van der Waals surface area contributed by atoms with Crippen molar-refractivity contribution in [2.24, 2.45) is 0 Å². The molecule has 1 aliphatic heterocycles. The SMILES string of the molecule is COCCNCCNS(=O)(=O)c1cc(Br)cc2c1OCC2. The molecular formula is C13H19BrN2O4S. The average molecular weight is 379 g/mol. The topological polar surface area (TPSA) is 76.7 Å². The van der Waals surface area contributed by atoms with Crippen LogP contribution in [0.4, 0.5) is 0 Å². The van der Waals surface area contributed by atoms with Gasteiger partial charge < -0.3 is 14.8 Å². The summed E-state index contributed by atoms with van der Waals surface area (Å²) in [4.78, 5) is 0.196. The van der Waals surface area contributed by atoms with Crippen molar-refractivity contribution in [3.8, 4) is 5.75 Å². The number of hydrogen-bond donors (Lipinski definition) is 2. The molecule has 0 saturated heterocycles. The molecular weight excluding hydrogens is 360 g/mol. The summed E-state index contributed by atoms with van der Waals surface area (Å²) in [6.07, 6.45) is 0.732. The maximum atomic E-state index is 12.4. The van der Waals surface area contributed by atoms with E-state index in [1.807, 2.05) is 6.07 Å². The second-order valence-electron chi connectivity index (χ2n) is 4.63. The molecule has 1 aromatic rings. The number of ether oxygens (including phenoxy) is 2. The van der Waals surface area contributed by atoms with Crippen LogP contribution >= 0.6 is 15.9 Å². The maximum absolute atomic E-state index is 12.4. The number of methoxy groups -OCH3 is 1. The first-order valence-electron chi connectivity index (χ1n) is 6.69. The van der Waals surface area contributed by atoms with Crippen LogP contribution < -0.4 is 14.8 Å². The van der Waals surface area contributed by atoms with Gasteiger partial charge in [0.25, 0.3) is 0 Å². The Morgan fingerprint density at radius 1 is 1.33 bits per heavy atom. The fourth-order valence-corrected chi connectivity index (χ4v) is 3.98. The second-order valence-corrected chi connectivity index (χ2v) is 7.28. The molecule has 0 amide bonds. The maximum Gasteiger partial charge on any atom is 0.244 e. The fourth-order valence-electron chi connectivity index (χ4n) is 2.09. The van der Waals surface area contributed by atoms with Gasteiger partial charge >= 0.3 is 0 Å². The van der Waals surface area contributed by atoms with E-state index in [-0.39, 0.29) is 4.90 Å². The third-order valence-corrected chi connectivity index (χ3v) is 5.00. The average Bonchev–Trinajstić information content (AvgIpc) is 2.89. The highest BCUT2D eigenvalue weighted by molar-refractivity contribution is 9.10. The lowest BCUT2D eigenvalue weighted by Crippen LogP contribution is -2.33. The van der Waals surface area contributed by atoms with Gasteiger partial charge in [0.15, 0.2) is 0 Å². The zero-order valence-electron chi connectivity index (χ0n) is 11.8. The number of benzene rings is 1. The molecule has 0 radical (unpaired) electrons. The zero-order chi connectivity index (χ0) is 15.3. The molecule has 1 heterocycles. The van der Waals surface area contributed by atoms with Crippen LogP contribution in [0.15, 0.2) is 21.5 Å². The van der Waals surface area contributed by atoms with Gasteiger partial charge in [-0.05, 0) is 12.1 Å². The Kier molecular flexibility index (Phi) is 6.00. The van der Waals surface area contributed by atoms with Gasteiger partial charge in [0.1, 0.15) is 10.6 Å². The molecule has 1 aromatic carbocycles. The largest absolute Gasteiger partial charge is 0.492 e. The van der Waals surface area contributed by atoms with Crippen molar-refractivity contribution in [1.29, 1.82) is 0 Å². The summed E-state index contributed by atoms with van der Waals surface area (Å²) in [6, 6.07) is 3.47. The highest BCUT2D eigenvalue weighted by Crippen LogP contribution is 2.35. The Labute approximate surface area is 133 Å². The van der Waals surface area contributed by atoms with Crippen molar-refractivity contribution < 1.29 is 17.9 Å². The van der Waals surface area contributed by atoms with E-state index in [0.717, 1.165) is 16.5 Å². The van der Waals surface area contributed by atoms with Crippen LogP contribution in [0.2, 0.25) is 0 Å². The van der Waals surface area contributed by atoms with Crippen molar-refractivity contribution in [3.05, 3.63) is 22.2 Å². The van der Waals surface area contributed by atoms with E-state index in [1.54, 1.807) is 13.2 Å². The fraction of sp³-hybridized carbons (Fsp3) is 0.538. The van der Waals surface area contributed by atoms with E-state index in [9.17, 15) is 8.42 Å². The molecule has 0 fully saturated rings. The molecule has 2 N–H and O–H groups in total. The molecule has 0 aromatic heterocycles. The van der Waals surface area contributed by atoms with Crippen molar-refractivity contribution in [3.63, 3.8) is 0 Å². The van der Waals surface area contributed by atoms with Gasteiger partial charge in [0, 0.05) is 43.2 Å². The van der Waals surface area contributed by atoms with Crippen molar-refractivity contribution in [2.75, 3.05) is 40.0 Å². The standard InChI is InChI=1S/C13H19BrN2O4S/c1-19-7-5-15-3-4-16-21(17,18)12-9-11(14)8-10-2-6-20-13(10)12/h8-9,15-16H,2-7H2,1H3. The van der Waals surface area contributed by atoms with Crippen LogP contribution in [-0.4, -0.2) is 48.4 Å². The number of sulfonamides is 1. The molecule has 0 spiro atoms. The lowest BCUT2D eigenvalue weighted by atomic mass is 10.2. The summed E-state index contributed by atoms with van der Waals surface area (Å²) >= 11 is 3.34. The van der Waals surface area contributed by atoms with E-state index in [0.29, 0.717) is 38.6 Å². The minimum Gasteiger partial charge on any atom is -0.492 e. The van der Waals surface area contributed by atoms with Crippen LogP contribution in [0.1, 0.15) is 5.56 Å². The Bertz CT molecular complexity index is 592. The summed E-state index contributed by atoms with van der Waals surface area (Å²) in [5.74, 6) is 0.470. The predicted molar refractivity (Wildman–Crippen MR) is 83.3 cm³/mol. The second kappa shape index (κ2) is 7.55. The number of halogens is 1. The monoisotopic (exact) mass is 378 g/mol. The lowest BCUT2D eigenvalue weighted by molar-refractivity contribution is 0.199. The van der Waals surface area contributed by atoms with Gasteiger partial charge in [0.2, 0.25) is 10.0 Å². The molecule has 0 saturated carbocycles. The van der Waals surface area contributed by atoms with Crippen LogP contribution in [0.3, 0.4) is 0 Å². The first kappa shape index (κ1) is 16.7. The highest BCUT2D eigenvalue weighted by Gasteiger charge is 2.25. The zero-order valence-corrected chi connectivity index (χ0v) is 14.2. The van der Waals surface area contributed by atoms with Crippen LogP contribution in [0, 0.1) is 0 Å². The number of hydrogen-bond acceptors (Lipinski definition) is 5. The van der Waals surface area contributed by atoms with Gasteiger partial charge in [-0.2, -0.15) is 0 Å². The van der Waals surface area contributed by atoms with Crippen molar-refractivity contribution in [2.45, 2.75) is 11.3 Å². The summed E-state index contributed by atoms with van der Waals surface area (Å²) in [6.45, 7) is 2.66. The summed E-state index contributed by atoms with van der Waals surface area (Å²) in [5.41, 5.74) is 0.919. The molecule has 2 rings (SSSR count). The molecule has 6 nitrogen and oxygen atoms in total. The molecule has 0 unspecified atom stereocenters. The first-order chi connectivity index (χ1) is 10.0. The smallest absolute Gasteiger partial charge is 0.244 e. The van der Waals surface area contributed by atoms with Crippen LogP contribution in [0.5, 0.6) is 5.75 Å². The first-order valence-corrected chi connectivity index (χ1v) is 8.97. The molecule has 0 atom stereocenters. The minimum atomic E-state index is -3.58. The Morgan fingerprint density at radius 3 is 2.90 bits per heavy atom. The van der Waals surface area contributed by atoms with E-state index in [2.05, 4.69) is 26.0 Å². The molecule has 21 heavy (non-hydrogen) atoms. The van der Waals surface area contributed by atoms with Crippen LogP contribution in [0.25, 0.3) is 0 Å². The van der Waals surface area contributed by atoms with Gasteiger partial charge in [-0.25, -0.2) is 13.1 Å². The third-order valence-electron chi connectivity index (χ3n) is 3.08. The van der Waals surface area contributed by atoms with E-state index >= 15 is 0 Å². The Balaban J connectivity index is 2.00. The van der Waals surface area contributed by atoms with Gasteiger partial charge in [-0.3, -0.25) is 0 Å². The summed E-state index contributed by atoms with van der Waals surface area (Å²) in [7, 11) is -1.95. The van der Waals surface area contributed by atoms with Gasteiger partial charge in [-0.15, -0.1) is 0 Å². The van der Waals surface area contributed by atoms with Gasteiger partial charge in [0.05, 0.1) is 13.2 Å². The van der Waals surface area contributed by atoms with E-state index in [4.69, 9.17) is 9.47 Å². The molecule has 1 aliphatic rings. The Hall–Kier alpha value is -0.670. The highest BCUT2D eigenvalue weighted by atomic mass is 79.9. The number of rotatable bonds is 8. The van der Waals surface area contributed by atoms with Crippen LogP contribution in [-0.2, 0) is 21.2 Å². The molecule has 8 heteroatoms. The Morgan fingerprint density at radius 2 is 2.14 bits per heavy atom. The number of nitrogens with one attached hydrogen (secondary N) is 2. The van der Waals surface area contributed by atoms with Crippen molar-refractivity contribution >= 4 is 26.0 Å². The van der Waals surface area contributed by atoms with Crippen molar-refractivity contribution in [1.82, 2.24) is 10.0 Å². The van der Waals surface area contributed by atoms with E-state index < -0.39 is 10.0 Å². The predicted octanol–water partition coefficient (Wildman–Crippen LogP) is 0.898. The molecule has 118 valence electrons. The lowest BCUT2D eigenvalue weighted by Gasteiger charge is -2.11. The normalized spacial score (nSPS) is 14.0. The molecule has 0 aliphatic carbocycles. The summed E-state index contributed by atoms with van der Waals surface area (Å²) < 4.78 is 38.4. The quantitative estimate of drug-likeness (QED) is 0.657. The summed E-state index contributed by atoms with van der Waals surface area (Å²) in [5, 5.41) is 3.08. The minimum absolute atomic E-state index is 0.196.